The van der Waals surface area contributed by atoms with Crippen LogP contribution in [0.2, 0.25) is 0 Å². The van der Waals surface area contributed by atoms with Crippen LogP contribution in [0.3, 0.4) is 0 Å². The van der Waals surface area contributed by atoms with Crippen molar-refractivity contribution in [3.63, 3.8) is 0 Å². The average Bonchev–Trinajstić information content (AvgIpc) is 2.72. The second-order valence-corrected chi connectivity index (χ2v) is 11.5. The van der Waals surface area contributed by atoms with Gasteiger partial charge < -0.3 is 15.4 Å². The van der Waals surface area contributed by atoms with E-state index in [4.69, 9.17) is 4.74 Å². The lowest BCUT2D eigenvalue weighted by Crippen LogP contribution is -2.44. The molecule has 6 heteroatoms. The molecule has 1 rings (SSSR count). The molecule has 1 aliphatic carbocycles. The summed E-state index contributed by atoms with van der Waals surface area (Å²) >= 11 is 2.02. The summed E-state index contributed by atoms with van der Waals surface area (Å²) in [7, 11) is 0. The summed E-state index contributed by atoms with van der Waals surface area (Å²) in [5, 5.41) is 6.07. The van der Waals surface area contributed by atoms with Crippen LogP contribution in [0.5, 0.6) is 0 Å². The number of hydrogen-bond acceptors (Lipinski definition) is 4. The Kier molecular flexibility index (Phi) is 11.6. The van der Waals surface area contributed by atoms with Crippen LogP contribution in [-0.2, 0) is 9.53 Å². The number of hydrogen-bond donors (Lipinski definition) is 2. The first-order valence-electron chi connectivity index (χ1n) is 12.0. The van der Waals surface area contributed by atoms with Crippen molar-refractivity contribution in [2.75, 3.05) is 18.8 Å². The van der Waals surface area contributed by atoms with Crippen LogP contribution in [0.1, 0.15) is 106 Å². The molecule has 0 spiro atoms. The molecule has 2 amide bonds. The molecule has 0 aromatic heterocycles. The Bertz CT molecular complexity index is 527. The van der Waals surface area contributed by atoms with Crippen LogP contribution in [0.25, 0.3) is 0 Å². The largest absolute Gasteiger partial charge is 0.444 e. The number of carbonyl (C=O) groups excluding carboxylic acids is 2. The molecule has 5 nitrogen and oxygen atoms in total. The molecule has 0 aromatic carbocycles. The molecule has 1 fully saturated rings. The second-order valence-electron chi connectivity index (χ2n) is 9.80. The van der Waals surface area contributed by atoms with Crippen molar-refractivity contribution in [1.82, 2.24) is 10.6 Å². The molecule has 0 radical (unpaired) electrons. The molecule has 0 bridgehead atoms. The van der Waals surface area contributed by atoms with E-state index in [9.17, 15) is 9.59 Å². The van der Waals surface area contributed by atoms with Crippen molar-refractivity contribution >= 4 is 23.8 Å². The Hall–Kier alpha value is -0.910. The maximum atomic E-state index is 12.6. The van der Waals surface area contributed by atoms with E-state index in [1.165, 1.54) is 19.3 Å². The standard InChI is InChI=1S/C24H46N2O3S/c1-7-22(4,5)29-21(28)26-19-24(14-11-10-12-15-24)18-20(27)25-16-13-17-30-23(6,8-2)9-3/h7-19H2,1-6H3,(H,25,27)(H,26,28). The Morgan fingerprint density at radius 3 is 2.17 bits per heavy atom. The number of rotatable bonds is 13. The molecule has 176 valence electrons. The van der Waals surface area contributed by atoms with Crippen molar-refractivity contribution in [1.29, 1.82) is 0 Å². The number of nitrogens with one attached hydrogen (secondary N) is 2. The van der Waals surface area contributed by atoms with Crippen molar-refractivity contribution in [3.05, 3.63) is 0 Å². The van der Waals surface area contributed by atoms with Gasteiger partial charge in [0.25, 0.3) is 0 Å². The Balaban J connectivity index is 2.45. The van der Waals surface area contributed by atoms with Crippen molar-refractivity contribution in [3.8, 4) is 0 Å². The fourth-order valence-corrected chi connectivity index (χ4v) is 5.00. The Morgan fingerprint density at radius 1 is 0.967 bits per heavy atom. The topological polar surface area (TPSA) is 67.4 Å². The lowest BCUT2D eigenvalue weighted by atomic mass is 9.71. The normalized spacial score (nSPS) is 16.7. The fraction of sp³-hybridized carbons (Fsp3) is 0.917. The van der Waals surface area contributed by atoms with Gasteiger partial charge in [0.1, 0.15) is 5.60 Å². The molecule has 0 unspecified atom stereocenters. The molecule has 1 aliphatic rings. The lowest BCUT2D eigenvalue weighted by Gasteiger charge is -2.37. The van der Waals surface area contributed by atoms with Gasteiger partial charge in [0.05, 0.1) is 0 Å². The predicted molar refractivity (Wildman–Crippen MR) is 128 cm³/mol. The fourth-order valence-electron chi connectivity index (χ4n) is 3.81. The maximum absolute atomic E-state index is 12.6. The summed E-state index contributed by atoms with van der Waals surface area (Å²) in [6, 6.07) is 0. The highest BCUT2D eigenvalue weighted by molar-refractivity contribution is 8.00. The molecule has 0 heterocycles. The molecule has 1 saturated carbocycles. The summed E-state index contributed by atoms with van der Waals surface area (Å²) in [6.45, 7) is 13.9. The van der Waals surface area contributed by atoms with Gasteiger partial charge in [0.2, 0.25) is 5.91 Å². The molecular formula is C24H46N2O3S. The van der Waals surface area contributed by atoms with Gasteiger partial charge in [-0.15, -0.1) is 0 Å². The van der Waals surface area contributed by atoms with E-state index in [1.54, 1.807) is 0 Å². The molecule has 2 N–H and O–H groups in total. The van der Waals surface area contributed by atoms with Crippen LogP contribution < -0.4 is 10.6 Å². The van der Waals surface area contributed by atoms with Gasteiger partial charge in [-0.25, -0.2) is 4.79 Å². The summed E-state index contributed by atoms with van der Waals surface area (Å²) < 4.78 is 5.86. The summed E-state index contributed by atoms with van der Waals surface area (Å²) in [6.07, 6.45) is 9.64. The zero-order valence-corrected chi connectivity index (χ0v) is 21.1. The minimum absolute atomic E-state index is 0.111. The molecule has 0 atom stereocenters. The Labute approximate surface area is 189 Å². The first-order valence-corrected chi connectivity index (χ1v) is 13.0. The smallest absolute Gasteiger partial charge is 0.407 e. The SMILES string of the molecule is CCC(C)(C)OC(=O)NCC1(CC(=O)NCCCSC(C)(CC)CC)CCCCC1. The number of amides is 2. The van der Waals surface area contributed by atoms with E-state index >= 15 is 0 Å². The second kappa shape index (κ2) is 12.8. The van der Waals surface area contributed by atoms with Crippen LogP contribution >= 0.6 is 11.8 Å². The first kappa shape index (κ1) is 27.1. The molecular weight excluding hydrogens is 396 g/mol. The van der Waals surface area contributed by atoms with E-state index in [1.807, 2.05) is 32.5 Å². The molecule has 0 aromatic rings. The van der Waals surface area contributed by atoms with Gasteiger partial charge in [-0.1, -0.05) is 47.0 Å². The van der Waals surface area contributed by atoms with Gasteiger partial charge in [-0.05, 0) is 63.5 Å². The van der Waals surface area contributed by atoms with E-state index in [-0.39, 0.29) is 17.4 Å². The van der Waals surface area contributed by atoms with Crippen molar-refractivity contribution in [2.24, 2.45) is 5.41 Å². The number of thioether (sulfide) groups is 1. The molecule has 0 saturated heterocycles. The zero-order chi connectivity index (χ0) is 22.7. The maximum Gasteiger partial charge on any atom is 0.407 e. The van der Waals surface area contributed by atoms with Gasteiger partial charge in [-0.2, -0.15) is 11.8 Å². The van der Waals surface area contributed by atoms with Gasteiger partial charge >= 0.3 is 6.09 Å². The van der Waals surface area contributed by atoms with Gasteiger partial charge in [-0.3, -0.25) is 4.79 Å². The van der Waals surface area contributed by atoms with E-state index in [0.717, 1.165) is 50.8 Å². The highest BCUT2D eigenvalue weighted by Gasteiger charge is 2.35. The molecule has 30 heavy (non-hydrogen) atoms. The summed E-state index contributed by atoms with van der Waals surface area (Å²) in [5.74, 6) is 1.18. The van der Waals surface area contributed by atoms with E-state index in [2.05, 4.69) is 31.4 Å². The van der Waals surface area contributed by atoms with Crippen molar-refractivity contribution in [2.45, 2.75) is 116 Å². The third-order valence-electron chi connectivity index (χ3n) is 6.87. The zero-order valence-electron chi connectivity index (χ0n) is 20.3. The number of carbonyl (C=O) groups is 2. The van der Waals surface area contributed by atoms with Crippen molar-refractivity contribution < 1.29 is 14.3 Å². The third kappa shape index (κ3) is 9.93. The number of ether oxygens (including phenoxy) is 1. The van der Waals surface area contributed by atoms with Gasteiger partial charge in [0.15, 0.2) is 0 Å². The predicted octanol–water partition coefficient (Wildman–Crippen LogP) is 6.06. The van der Waals surface area contributed by atoms with Crippen LogP contribution in [0.4, 0.5) is 4.79 Å². The van der Waals surface area contributed by atoms with Crippen LogP contribution in [0, 0.1) is 5.41 Å². The highest BCUT2D eigenvalue weighted by Crippen LogP contribution is 2.39. The minimum atomic E-state index is -0.467. The first-order chi connectivity index (χ1) is 14.1. The average molecular weight is 443 g/mol. The number of alkyl carbamates (subject to hydrolysis) is 1. The van der Waals surface area contributed by atoms with Crippen LogP contribution in [-0.4, -0.2) is 41.2 Å². The summed E-state index contributed by atoms with van der Waals surface area (Å²) in [4.78, 5) is 24.9. The van der Waals surface area contributed by atoms with Gasteiger partial charge in [0, 0.05) is 24.3 Å². The van der Waals surface area contributed by atoms with Crippen LogP contribution in [0.15, 0.2) is 0 Å². The summed E-state index contributed by atoms with van der Waals surface area (Å²) in [5.41, 5.74) is -0.611. The third-order valence-corrected chi connectivity index (χ3v) is 8.63. The Morgan fingerprint density at radius 2 is 1.60 bits per heavy atom. The lowest BCUT2D eigenvalue weighted by molar-refractivity contribution is -0.124. The molecule has 0 aliphatic heterocycles. The van der Waals surface area contributed by atoms with E-state index in [0.29, 0.717) is 17.7 Å². The highest BCUT2D eigenvalue weighted by atomic mass is 32.2. The monoisotopic (exact) mass is 442 g/mol. The minimum Gasteiger partial charge on any atom is -0.444 e. The van der Waals surface area contributed by atoms with E-state index < -0.39 is 5.60 Å². The quantitative estimate of drug-likeness (QED) is 0.340.